The Morgan fingerprint density at radius 3 is 2.43 bits per heavy atom. The second-order valence-corrected chi connectivity index (χ2v) is 6.19. The van der Waals surface area contributed by atoms with E-state index in [0.29, 0.717) is 0 Å². The molecule has 0 N–H and O–H groups in total. The maximum absolute atomic E-state index is 5.88. The van der Waals surface area contributed by atoms with Crippen LogP contribution in [0, 0.1) is 0 Å². The van der Waals surface area contributed by atoms with Crippen LogP contribution in [-0.4, -0.2) is 18.9 Å². The first-order valence-corrected chi connectivity index (χ1v) is 8.02. The van der Waals surface area contributed by atoms with Crippen molar-refractivity contribution in [3.63, 3.8) is 0 Å². The quantitative estimate of drug-likeness (QED) is 0.778. The second kappa shape index (κ2) is 7.07. The molecule has 1 atom stereocenters. The maximum atomic E-state index is 5.88. The predicted octanol–water partition coefficient (Wildman–Crippen LogP) is 5.00. The van der Waals surface area contributed by atoms with E-state index in [9.17, 15) is 0 Å². The Balaban J connectivity index is 1.93. The third-order valence-corrected chi connectivity index (χ3v) is 3.96. The fourth-order valence-corrected chi connectivity index (χ4v) is 2.88. The molecule has 0 aromatic heterocycles. The van der Waals surface area contributed by atoms with Gasteiger partial charge in [-0.1, -0.05) is 41.4 Å². The zero-order valence-corrected chi connectivity index (χ0v) is 14.1. The molecule has 1 heterocycles. The lowest BCUT2D eigenvalue weighted by Crippen LogP contribution is -2.24. The van der Waals surface area contributed by atoms with E-state index in [1.807, 2.05) is 65.7 Å². The summed E-state index contributed by atoms with van der Waals surface area (Å²) >= 11 is 11.8. The van der Waals surface area contributed by atoms with Crippen molar-refractivity contribution in [3.8, 4) is 5.75 Å². The Morgan fingerprint density at radius 1 is 1.13 bits per heavy atom. The molecule has 0 spiro atoms. The Morgan fingerprint density at radius 2 is 1.83 bits per heavy atom. The number of benzene rings is 2. The van der Waals surface area contributed by atoms with Crippen molar-refractivity contribution in [2.45, 2.75) is 12.5 Å². The van der Waals surface area contributed by atoms with Crippen molar-refractivity contribution in [1.29, 1.82) is 0 Å². The zero-order valence-electron chi connectivity index (χ0n) is 12.6. The van der Waals surface area contributed by atoms with Crippen LogP contribution in [0.5, 0.6) is 5.75 Å². The lowest BCUT2D eigenvalue weighted by atomic mass is 10.0. The first-order valence-electron chi connectivity index (χ1n) is 7.26. The van der Waals surface area contributed by atoms with Crippen molar-refractivity contribution >= 4 is 34.6 Å². The minimum atomic E-state index is -0.000461. The Hall–Kier alpha value is -1.97. The smallest absolute Gasteiger partial charge is 0.118 e. The number of hydrogen-bond donors (Lipinski definition) is 0. The Kier molecular flexibility index (Phi) is 4.89. The minimum absolute atomic E-state index is 0.000461. The van der Waals surface area contributed by atoms with E-state index in [4.69, 9.17) is 33.0 Å². The fourth-order valence-electron chi connectivity index (χ4n) is 2.59. The molecule has 0 fully saturated rings. The van der Waals surface area contributed by atoms with Crippen LogP contribution in [0.25, 0.3) is 0 Å². The average molecular weight is 347 g/mol. The summed E-state index contributed by atoms with van der Waals surface area (Å²) in [7, 11) is 1.66. The van der Waals surface area contributed by atoms with Crippen LogP contribution in [0.3, 0.4) is 0 Å². The van der Waals surface area contributed by atoms with Crippen LogP contribution < -0.4 is 9.75 Å². The zero-order chi connectivity index (χ0) is 16.2. The van der Waals surface area contributed by atoms with Gasteiger partial charge in [-0.05, 0) is 48.0 Å². The highest BCUT2D eigenvalue weighted by Crippen LogP contribution is 2.29. The number of ether oxygens (including phenoxy) is 1. The lowest BCUT2D eigenvalue weighted by Gasteiger charge is -2.20. The number of methoxy groups -OCH3 is 1. The molecule has 3 rings (SSSR count). The topological polar surface area (TPSA) is 24.8 Å². The van der Waals surface area contributed by atoms with Gasteiger partial charge in [-0.2, -0.15) is 5.10 Å². The number of halogens is 2. The summed E-state index contributed by atoms with van der Waals surface area (Å²) in [5.41, 5.74) is 3.06. The molecule has 2 aromatic rings. The van der Waals surface area contributed by atoms with Gasteiger partial charge in [0.15, 0.2) is 0 Å². The van der Waals surface area contributed by atoms with Gasteiger partial charge in [0, 0.05) is 6.42 Å². The van der Waals surface area contributed by atoms with Crippen LogP contribution in [0.2, 0.25) is 0 Å². The molecule has 0 saturated heterocycles. The molecular formula is C18H16Cl2N2O. The molecular weight excluding hydrogens is 331 g/mol. The summed E-state index contributed by atoms with van der Waals surface area (Å²) in [6.45, 7) is 0. The van der Waals surface area contributed by atoms with Crippen LogP contribution in [0.15, 0.2) is 70.3 Å². The van der Waals surface area contributed by atoms with Gasteiger partial charge in [0.2, 0.25) is 0 Å². The summed E-state index contributed by atoms with van der Waals surface area (Å²) in [5, 5.41) is 6.71. The number of hydrazone groups is 1. The van der Waals surface area contributed by atoms with Crippen molar-refractivity contribution in [2.24, 2.45) is 5.10 Å². The SMILES string of the molecule is COc1ccc(C2=NN(c3ccccc3)C(C=C(Cl)Cl)C2)cc1. The molecule has 5 heteroatoms. The monoisotopic (exact) mass is 346 g/mol. The number of nitrogens with zero attached hydrogens (tertiary/aromatic N) is 2. The normalized spacial score (nSPS) is 16.9. The summed E-state index contributed by atoms with van der Waals surface area (Å²) in [6.07, 6.45) is 2.56. The molecule has 3 nitrogen and oxygen atoms in total. The van der Waals surface area contributed by atoms with Gasteiger partial charge in [-0.25, -0.2) is 0 Å². The largest absolute Gasteiger partial charge is 0.497 e. The molecule has 2 aromatic carbocycles. The van der Waals surface area contributed by atoms with Gasteiger partial charge in [-0.15, -0.1) is 0 Å². The first kappa shape index (κ1) is 15.9. The molecule has 0 radical (unpaired) electrons. The minimum Gasteiger partial charge on any atom is -0.497 e. The molecule has 0 saturated carbocycles. The van der Waals surface area contributed by atoms with Crippen LogP contribution in [0.1, 0.15) is 12.0 Å². The van der Waals surface area contributed by atoms with E-state index in [0.717, 1.165) is 29.1 Å². The van der Waals surface area contributed by atoms with E-state index in [1.165, 1.54) is 0 Å². The van der Waals surface area contributed by atoms with E-state index in [1.54, 1.807) is 7.11 Å². The molecule has 23 heavy (non-hydrogen) atoms. The van der Waals surface area contributed by atoms with Gasteiger partial charge in [-0.3, -0.25) is 5.01 Å². The number of rotatable bonds is 4. The standard InChI is InChI=1S/C18H16Cl2N2O/c1-23-16-9-7-13(8-10-16)17-11-15(12-18(19)20)22(21-17)14-5-3-2-4-6-14/h2-10,12,15H,11H2,1H3. The van der Waals surface area contributed by atoms with Gasteiger partial charge in [0.25, 0.3) is 0 Å². The maximum Gasteiger partial charge on any atom is 0.118 e. The summed E-state index contributed by atoms with van der Waals surface area (Å²) in [5.74, 6) is 0.826. The highest BCUT2D eigenvalue weighted by molar-refractivity contribution is 6.55. The number of para-hydroxylation sites is 1. The fraction of sp³-hybridized carbons (Fsp3) is 0.167. The molecule has 1 aliphatic rings. The second-order valence-electron chi connectivity index (χ2n) is 5.18. The van der Waals surface area contributed by atoms with Gasteiger partial charge in [0.1, 0.15) is 10.2 Å². The van der Waals surface area contributed by atoms with Crippen LogP contribution in [0.4, 0.5) is 5.69 Å². The van der Waals surface area contributed by atoms with Crippen LogP contribution >= 0.6 is 23.2 Å². The molecule has 1 unspecified atom stereocenters. The van der Waals surface area contributed by atoms with Crippen molar-refractivity contribution in [3.05, 3.63) is 70.7 Å². The molecule has 118 valence electrons. The number of anilines is 1. The summed E-state index contributed by atoms with van der Waals surface area (Å²) in [6, 6.07) is 17.9. The van der Waals surface area contributed by atoms with Crippen LogP contribution in [-0.2, 0) is 0 Å². The van der Waals surface area contributed by atoms with Gasteiger partial charge in [0.05, 0.1) is 24.6 Å². The molecule has 0 bridgehead atoms. The average Bonchev–Trinajstić information content (AvgIpc) is 2.99. The Labute approximate surface area is 145 Å². The van der Waals surface area contributed by atoms with E-state index in [2.05, 4.69) is 0 Å². The Bertz CT molecular complexity index is 722. The van der Waals surface area contributed by atoms with Crippen molar-refractivity contribution in [2.75, 3.05) is 12.1 Å². The molecule has 0 aliphatic carbocycles. The predicted molar refractivity (Wildman–Crippen MR) is 96.6 cm³/mol. The van der Waals surface area contributed by atoms with Crippen molar-refractivity contribution in [1.82, 2.24) is 0 Å². The summed E-state index contributed by atoms with van der Waals surface area (Å²) < 4.78 is 5.45. The highest BCUT2D eigenvalue weighted by Gasteiger charge is 2.27. The summed E-state index contributed by atoms with van der Waals surface area (Å²) in [4.78, 5) is 0. The molecule has 0 amide bonds. The highest BCUT2D eigenvalue weighted by atomic mass is 35.5. The molecule has 1 aliphatic heterocycles. The lowest BCUT2D eigenvalue weighted by molar-refractivity contribution is 0.415. The van der Waals surface area contributed by atoms with Gasteiger partial charge < -0.3 is 4.74 Å². The number of hydrogen-bond acceptors (Lipinski definition) is 3. The van der Waals surface area contributed by atoms with E-state index >= 15 is 0 Å². The first-order chi connectivity index (χ1) is 11.2. The third-order valence-electron chi connectivity index (χ3n) is 3.71. The van der Waals surface area contributed by atoms with E-state index in [-0.39, 0.29) is 10.5 Å². The van der Waals surface area contributed by atoms with Crippen molar-refractivity contribution < 1.29 is 4.74 Å². The van der Waals surface area contributed by atoms with Gasteiger partial charge >= 0.3 is 0 Å². The van der Waals surface area contributed by atoms with E-state index < -0.39 is 0 Å². The third kappa shape index (κ3) is 3.69.